The fourth-order valence-electron chi connectivity index (χ4n) is 5.26. The van der Waals surface area contributed by atoms with Crippen LogP contribution in [0.4, 0.5) is 15.9 Å². The van der Waals surface area contributed by atoms with Crippen LogP contribution in [0.25, 0.3) is 11.3 Å². The standard InChI is InChI=1S/C31H34FN7O5/c1-44-21-6-7-22(24(32)16-21)28(41)8-9-29(42)34-19-14-20(15-19)35-30(43)18-38-10-12-39(13-11-38)26-17-25(36-37-31(26)33)23-4-2-3-5-27(23)40/h2-9,16-17,19-20,40H,10-15,18H2,1H3,(H2,33,37)(H,34,42)(H,35,43)/b9-8+. The molecule has 2 fully saturated rings. The van der Waals surface area contributed by atoms with E-state index in [-0.39, 0.29) is 35.8 Å². The third-order valence-electron chi connectivity index (χ3n) is 7.74. The first-order valence-electron chi connectivity index (χ1n) is 14.2. The Morgan fingerprint density at radius 2 is 1.75 bits per heavy atom. The van der Waals surface area contributed by atoms with Crippen molar-refractivity contribution >= 4 is 29.1 Å². The van der Waals surface area contributed by atoms with Crippen molar-refractivity contribution in [3.63, 3.8) is 0 Å². The second-order valence-electron chi connectivity index (χ2n) is 10.8. The minimum Gasteiger partial charge on any atom is -0.507 e. The fourth-order valence-corrected chi connectivity index (χ4v) is 5.26. The Balaban J connectivity index is 1.02. The van der Waals surface area contributed by atoms with Crippen LogP contribution in [0, 0.1) is 5.82 Å². The highest BCUT2D eigenvalue weighted by atomic mass is 19.1. The number of halogens is 1. The number of carbonyl (C=O) groups is 3. The molecule has 1 aliphatic heterocycles. The summed E-state index contributed by atoms with van der Waals surface area (Å²) in [6.07, 6.45) is 3.27. The summed E-state index contributed by atoms with van der Waals surface area (Å²) in [5.74, 6) is -1.20. The molecule has 2 aromatic carbocycles. The number of nitrogen functional groups attached to an aromatic ring is 1. The molecule has 0 spiro atoms. The molecule has 0 radical (unpaired) electrons. The van der Waals surface area contributed by atoms with Crippen LogP contribution in [0.3, 0.4) is 0 Å². The number of aromatic nitrogens is 2. The molecule has 5 N–H and O–H groups in total. The average Bonchev–Trinajstić information content (AvgIpc) is 2.99. The molecular formula is C31H34FN7O5. The predicted molar refractivity (Wildman–Crippen MR) is 162 cm³/mol. The van der Waals surface area contributed by atoms with Gasteiger partial charge in [-0.3, -0.25) is 19.3 Å². The third-order valence-corrected chi connectivity index (χ3v) is 7.74. The van der Waals surface area contributed by atoms with Gasteiger partial charge in [0, 0.05) is 56.0 Å². The number of methoxy groups -OCH3 is 1. The normalized spacial score (nSPS) is 18.5. The number of amides is 2. The summed E-state index contributed by atoms with van der Waals surface area (Å²) in [4.78, 5) is 41.3. The first kappa shape index (κ1) is 30.4. The summed E-state index contributed by atoms with van der Waals surface area (Å²) < 4.78 is 19.0. The van der Waals surface area contributed by atoms with E-state index in [1.807, 2.05) is 12.1 Å². The van der Waals surface area contributed by atoms with Gasteiger partial charge in [0.15, 0.2) is 11.6 Å². The lowest BCUT2D eigenvalue weighted by Crippen LogP contribution is -2.56. The number of carbonyl (C=O) groups excluding carboxylic acids is 3. The monoisotopic (exact) mass is 603 g/mol. The number of anilines is 2. The lowest BCUT2D eigenvalue weighted by Gasteiger charge is -2.38. The predicted octanol–water partition coefficient (Wildman–Crippen LogP) is 1.90. The van der Waals surface area contributed by atoms with Gasteiger partial charge >= 0.3 is 0 Å². The molecule has 2 heterocycles. The molecule has 1 saturated carbocycles. The maximum absolute atomic E-state index is 14.1. The lowest BCUT2D eigenvalue weighted by atomic mass is 9.86. The summed E-state index contributed by atoms with van der Waals surface area (Å²) in [5, 5.41) is 24.2. The van der Waals surface area contributed by atoms with E-state index in [1.54, 1.807) is 18.2 Å². The first-order valence-corrected chi connectivity index (χ1v) is 14.2. The minimum absolute atomic E-state index is 0.0522. The van der Waals surface area contributed by atoms with Crippen molar-refractivity contribution in [2.45, 2.75) is 24.9 Å². The SMILES string of the molecule is COc1ccc(C(=O)/C=C/C(=O)NC2CC(NC(=O)CN3CCN(c4cc(-c5ccccc5O)nnc4N)CC3)C2)c(F)c1. The van der Waals surface area contributed by atoms with Gasteiger partial charge in [-0.1, -0.05) is 12.1 Å². The van der Waals surface area contributed by atoms with E-state index in [2.05, 4.69) is 30.6 Å². The molecule has 0 bridgehead atoms. The summed E-state index contributed by atoms with van der Waals surface area (Å²) in [5.41, 5.74) is 7.80. The number of hydrogen-bond acceptors (Lipinski definition) is 10. The molecular weight excluding hydrogens is 569 g/mol. The molecule has 2 amide bonds. The van der Waals surface area contributed by atoms with Crippen molar-refractivity contribution in [3.05, 3.63) is 72.1 Å². The molecule has 0 atom stereocenters. The van der Waals surface area contributed by atoms with Crippen molar-refractivity contribution in [3.8, 4) is 22.8 Å². The van der Waals surface area contributed by atoms with Crippen LogP contribution in [0.15, 0.2) is 60.7 Å². The number of allylic oxidation sites excluding steroid dienone is 1. The smallest absolute Gasteiger partial charge is 0.244 e. The Morgan fingerprint density at radius 3 is 2.45 bits per heavy atom. The van der Waals surface area contributed by atoms with Crippen LogP contribution in [0.2, 0.25) is 0 Å². The van der Waals surface area contributed by atoms with Gasteiger partial charge in [0.05, 0.1) is 30.6 Å². The maximum Gasteiger partial charge on any atom is 0.244 e. The van der Waals surface area contributed by atoms with Crippen molar-refractivity contribution in [1.82, 2.24) is 25.7 Å². The number of piperazine rings is 1. The summed E-state index contributed by atoms with van der Waals surface area (Å²) in [6, 6.07) is 12.4. The number of nitrogens with one attached hydrogen (secondary N) is 2. The van der Waals surface area contributed by atoms with Crippen molar-refractivity contribution in [1.29, 1.82) is 0 Å². The van der Waals surface area contributed by atoms with Crippen LogP contribution in [0.5, 0.6) is 11.5 Å². The zero-order chi connectivity index (χ0) is 31.2. The number of nitrogens with zero attached hydrogens (tertiary/aromatic N) is 4. The molecule has 230 valence electrons. The maximum atomic E-state index is 14.1. The number of para-hydroxylation sites is 1. The van der Waals surface area contributed by atoms with Crippen molar-refractivity contribution in [2.75, 3.05) is 50.5 Å². The third kappa shape index (κ3) is 7.29. The minimum atomic E-state index is -0.728. The van der Waals surface area contributed by atoms with Gasteiger partial charge in [-0.05, 0) is 49.2 Å². The average molecular weight is 604 g/mol. The molecule has 3 aromatic rings. The number of ether oxygens (including phenoxy) is 1. The van der Waals surface area contributed by atoms with E-state index in [4.69, 9.17) is 10.5 Å². The van der Waals surface area contributed by atoms with E-state index in [0.717, 1.165) is 23.9 Å². The van der Waals surface area contributed by atoms with Crippen molar-refractivity contribution < 1.29 is 28.6 Å². The zero-order valence-corrected chi connectivity index (χ0v) is 24.2. The molecule has 5 rings (SSSR count). The number of hydrogen-bond donors (Lipinski definition) is 4. The molecule has 13 heteroatoms. The van der Waals surface area contributed by atoms with Gasteiger partial charge in [0.25, 0.3) is 0 Å². The van der Waals surface area contributed by atoms with Crippen LogP contribution in [-0.4, -0.2) is 89.7 Å². The van der Waals surface area contributed by atoms with E-state index in [9.17, 15) is 23.9 Å². The van der Waals surface area contributed by atoms with Crippen LogP contribution in [-0.2, 0) is 9.59 Å². The Labute approximate surface area is 253 Å². The molecule has 1 aromatic heterocycles. The molecule has 44 heavy (non-hydrogen) atoms. The van der Waals surface area contributed by atoms with Gasteiger partial charge in [-0.25, -0.2) is 4.39 Å². The highest BCUT2D eigenvalue weighted by molar-refractivity contribution is 6.07. The number of phenols is 1. The van der Waals surface area contributed by atoms with E-state index in [0.29, 0.717) is 61.8 Å². The second-order valence-corrected chi connectivity index (χ2v) is 10.8. The highest BCUT2D eigenvalue weighted by Crippen LogP contribution is 2.31. The molecule has 1 aliphatic carbocycles. The number of ketones is 1. The van der Waals surface area contributed by atoms with E-state index >= 15 is 0 Å². The number of rotatable bonds is 10. The Kier molecular flexibility index (Phi) is 9.34. The number of phenolic OH excluding ortho intramolecular Hbond substituents is 1. The van der Waals surface area contributed by atoms with Gasteiger partial charge < -0.3 is 31.1 Å². The first-order chi connectivity index (χ1) is 21.2. The van der Waals surface area contributed by atoms with E-state index < -0.39 is 17.5 Å². The molecule has 12 nitrogen and oxygen atoms in total. The lowest BCUT2D eigenvalue weighted by molar-refractivity contribution is -0.123. The topological polar surface area (TPSA) is 163 Å². The van der Waals surface area contributed by atoms with Crippen molar-refractivity contribution in [2.24, 2.45) is 0 Å². The van der Waals surface area contributed by atoms with Crippen LogP contribution >= 0.6 is 0 Å². The number of nitrogens with two attached hydrogens (primary N) is 1. The van der Waals surface area contributed by atoms with Crippen LogP contribution < -0.4 is 26.0 Å². The second kappa shape index (κ2) is 13.5. The fraction of sp³-hybridized carbons (Fsp3) is 0.323. The zero-order valence-electron chi connectivity index (χ0n) is 24.2. The largest absolute Gasteiger partial charge is 0.507 e. The Morgan fingerprint density at radius 1 is 1.02 bits per heavy atom. The summed E-state index contributed by atoms with van der Waals surface area (Å²) >= 11 is 0. The van der Waals surface area contributed by atoms with Gasteiger partial charge in [0.1, 0.15) is 17.3 Å². The number of aromatic hydroxyl groups is 1. The molecule has 2 aliphatic rings. The van der Waals surface area contributed by atoms with Gasteiger partial charge in [-0.15, -0.1) is 10.2 Å². The van der Waals surface area contributed by atoms with Gasteiger partial charge in [-0.2, -0.15) is 0 Å². The Bertz CT molecular complexity index is 1570. The number of benzene rings is 2. The summed E-state index contributed by atoms with van der Waals surface area (Å²) in [7, 11) is 1.40. The van der Waals surface area contributed by atoms with Crippen LogP contribution in [0.1, 0.15) is 23.2 Å². The summed E-state index contributed by atoms with van der Waals surface area (Å²) in [6.45, 7) is 2.83. The molecule has 1 saturated heterocycles. The van der Waals surface area contributed by atoms with Gasteiger partial charge in [0.2, 0.25) is 11.8 Å². The van der Waals surface area contributed by atoms with E-state index in [1.165, 1.54) is 19.2 Å². The highest BCUT2D eigenvalue weighted by Gasteiger charge is 2.31. The molecule has 0 unspecified atom stereocenters. The Hall–Kier alpha value is -5.04. The quantitative estimate of drug-likeness (QED) is 0.199.